The summed E-state index contributed by atoms with van der Waals surface area (Å²) < 4.78 is 1.03. The van der Waals surface area contributed by atoms with Gasteiger partial charge in [0.15, 0.2) is 0 Å². The molecule has 3 aromatic rings. The van der Waals surface area contributed by atoms with E-state index in [-0.39, 0.29) is 17.4 Å². The molecular formula is C24H21ClN2O2S. The van der Waals surface area contributed by atoms with Crippen LogP contribution in [0.2, 0.25) is 5.02 Å². The van der Waals surface area contributed by atoms with Gasteiger partial charge in [-0.3, -0.25) is 9.59 Å². The van der Waals surface area contributed by atoms with E-state index in [2.05, 4.69) is 41.7 Å². The fourth-order valence-corrected chi connectivity index (χ4v) is 6.27. The van der Waals surface area contributed by atoms with Gasteiger partial charge < -0.3 is 10.2 Å². The molecule has 0 atom stereocenters. The second-order valence-corrected chi connectivity index (χ2v) is 10.3. The summed E-state index contributed by atoms with van der Waals surface area (Å²) in [5, 5.41) is 4.49. The van der Waals surface area contributed by atoms with Gasteiger partial charge >= 0.3 is 0 Å². The molecule has 3 aliphatic rings. The van der Waals surface area contributed by atoms with Crippen molar-refractivity contribution in [1.82, 2.24) is 10.2 Å². The van der Waals surface area contributed by atoms with Crippen LogP contribution >= 0.6 is 22.9 Å². The first-order chi connectivity index (χ1) is 14.5. The molecule has 2 aromatic carbocycles. The van der Waals surface area contributed by atoms with Crippen LogP contribution in [0, 0.1) is 0 Å². The van der Waals surface area contributed by atoms with Crippen LogP contribution in [0.3, 0.4) is 0 Å². The molecule has 0 unspecified atom stereocenters. The number of thiophene rings is 1. The van der Waals surface area contributed by atoms with Crippen molar-refractivity contribution in [1.29, 1.82) is 0 Å². The van der Waals surface area contributed by atoms with Crippen molar-refractivity contribution >= 4 is 44.8 Å². The molecule has 0 bridgehead atoms. The number of likely N-dealkylation sites (tertiary alicyclic amines) is 1. The molecule has 0 radical (unpaired) electrons. The topological polar surface area (TPSA) is 49.4 Å². The zero-order valence-corrected chi connectivity index (χ0v) is 18.0. The van der Waals surface area contributed by atoms with Gasteiger partial charge in [0.2, 0.25) is 5.91 Å². The molecule has 1 aliphatic carbocycles. The van der Waals surface area contributed by atoms with E-state index >= 15 is 0 Å². The van der Waals surface area contributed by atoms with Gasteiger partial charge in [0.1, 0.15) is 4.88 Å². The number of benzene rings is 2. The van der Waals surface area contributed by atoms with Crippen LogP contribution in [0.15, 0.2) is 42.5 Å². The SMILES string of the molecule is O=C1CCC2(CN(C(=O)c3sc4cc(-c5cccc(C6CC6)c5)ccc4c3Cl)C2)N1. The number of nitrogens with zero attached hydrogens (tertiary/aromatic N) is 1. The molecule has 6 rings (SSSR count). The highest BCUT2D eigenvalue weighted by Gasteiger charge is 2.49. The minimum absolute atomic E-state index is 0.0368. The van der Waals surface area contributed by atoms with Gasteiger partial charge in [-0.15, -0.1) is 11.3 Å². The molecule has 152 valence electrons. The summed E-state index contributed by atoms with van der Waals surface area (Å²) in [6.07, 6.45) is 3.93. The van der Waals surface area contributed by atoms with Gasteiger partial charge in [-0.25, -0.2) is 0 Å². The number of hydrogen-bond acceptors (Lipinski definition) is 3. The minimum atomic E-state index is -0.213. The van der Waals surface area contributed by atoms with Gasteiger partial charge in [-0.05, 0) is 47.9 Å². The first kappa shape index (κ1) is 18.4. The van der Waals surface area contributed by atoms with Crippen LogP contribution in [0.5, 0.6) is 0 Å². The Labute approximate surface area is 183 Å². The maximum atomic E-state index is 13.1. The highest BCUT2D eigenvalue weighted by molar-refractivity contribution is 7.21. The van der Waals surface area contributed by atoms with Crippen molar-refractivity contribution in [2.75, 3.05) is 13.1 Å². The van der Waals surface area contributed by atoms with E-state index < -0.39 is 0 Å². The molecular weight excluding hydrogens is 416 g/mol. The molecule has 4 nitrogen and oxygen atoms in total. The van der Waals surface area contributed by atoms with Gasteiger partial charge in [-0.2, -0.15) is 0 Å². The van der Waals surface area contributed by atoms with Crippen molar-refractivity contribution in [2.45, 2.75) is 37.1 Å². The van der Waals surface area contributed by atoms with Crippen molar-refractivity contribution in [2.24, 2.45) is 0 Å². The van der Waals surface area contributed by atoms with Gasteiger partial charge in [0.05, 0.1) is 10.6 Å². The van der Waals surface area contributed by atoms with Crippen LogP contribution in [0.25, 0.3) is 21.2 Å². The molecule has 2 amide bonds. The van der Waals surface area contributed by atoms with E-state index in [1.165, 1.54) is 35.3 Å². The summed E-state index contributed by atoms with van der Waals surface area (Å²) >= 11 is 8.08. The smallest absolute Gasteiger partial charge is 0.265 e. The number of amides is 2. The summed E-state index contributed by atoms with van der Waals surface area (Å²) in [4.78, 5) is 27.0. The average molecular weight is 437 g/mol. The van der Waals surface area contributed by atoms with Crippen molar-refractivity contribution in [3.05, 3.63) is 57.9 Å². The molecule has 30 heavy (non-hydrogen) atoms. The Balaban J connectivity index is 1.28. The van der Waals surface area contributed by atoms with Crippen LogP contribution in [0.4, 0.5) is 0 Å². The van der Waals surface area contributed by atoms with Gasteiger partial charge in [0, 0.05) is 29.6 Å². The van der Waals surface area contributed by atoms with Gasteiger partial charge in [0.25, 0.3) is 5.91 Å². The van der Waals surface area contributed by atoms with E-state index in [0.29, 0.717) is 29.4 Å². The molecule has 3 fully saturated rings. The Hall–Kier alpha value is -2.37. The lowest BCUT2D eigenvalue weighted by molar-refractivity contribution is -0.120. The number of nitrogens with one attached hydrogen (secondary N) is 1. The van der Waals surface area contributed by atoms with Gasteiger partial charge in [-0.1, -0.05) is 48.0 Å². The largest absolute Gasteiger partial charge is 0.347 e. The summed E-state index contributed by atoms with van der Waals surface area (Å²) in [7, 11) is 0. The monoisotopic (exact) mass is 436 g/mol. The first-order valence-corrected chi connectivity index (χ1v) is 11.6. The minimum Gasteiger partial charge on any atom is -0.347 e. The zero-order chi connectivity index (χ0) is 20.5. The number of carbonyl (C=O) groups is 2. The number of carbonyl (C=O) groups excluding carboxylic acids is 2. The number of hydrogen-bond donors (Lipinski definition) is 1. The third kappa shape index (κ3) is 2.95. The molecule has 2 aliphatic heterocycles. The number of fused-ring (bicyclic) bond motifs is 1. The Bertz CT molecular complexity index is 1210. The summed E-state index contributed by atoms with van der Waals surface area (Å²) in [5.41, 5.74) is 3.56. The summed E-state index contributed by atoms with van der Waals surface area (Å²) in [5.74, 6) is 0.768. The molecule has 1 saturated carbocycles. The molecule has 1 spiro atoms. The average Bonchev–Trinajstić information content (AvgIpc) is 3.43. The van der Waals surface area contributed by atoms with E-state index in [4.69, 9.17) is 11.6 Å². The van der Waals surface area contributed by atoms with Crippen molar-refractivity contribution in [3.63, 3.8) is 0 Å². The fraction of sp³-hybridized carbons (Fsp3) is 0.333. The van der Waals surface area contributed by atoms with Crippen LogP contribution < -0.4 is 5.32 Å². The predicted octanol–water partition coefficient (Wildman–Crippen LogP) is 5.20. The second kappa shape index (κ2) is 6.56. The third-order valence-corrected chi connectivity index (χ3v) is 8.25. The van der Waals surface area contributed by atoms with E-state index in [0.717, 1.165) is 28.0 Å². The van der Waals surface area contributed by atoms with E-state index in [1.54, 1.807) is 4.90 Å². The predicted molar refractivity (Wildman–Crippen MR) is 120 cm³/mol. The molecule has 1 aromatic heterocycles. The normalized spacial score (nSPS) is 19.9. The molecule has 6 heteroatoms. The maximum Gasteiger partial charge on any atom is 0.265 e. The Kier molecular flexibility index (Phi) is 4.03. The van der Waals surface area contributed by atoms with E-state index in [1.807, 2.05) is 6.07 Å². The van der Waals surface area contributed by atoms with Crippen molar-refractivity contribution < 1.29 is 9.59 Å². The highest BCUT2D eigenvalue weighted by atomic mass is 35.5. The van der Waals surface area contributed by atoms with Crippen LogP contribution in [0.1, 0.15) is 46.8 Å². The summed E-state index contributed by atoms with van der Waals surface area (Å²) in [6.45, 7) is 1.14. The van der Waals surface area contributed by atoms with Crippen LogP contribution in [-0.2, 0) is 4.79 Å². The molecule has 2 saturated heterocycles. The lowest BCUT2D eigenvalue weighted by atomic mass is 9.88. The Morgan fingerprint density at radius 1 is 1.13 bits per heavy atom. The Morgan fingerprint density at radius 2 is 1.93 bits per heavy atom. The lowest BCUT2D eigenvalue weighted by Gasteiger charge is -2.47. The standard InChI is InChI=1S/C24H21ClN2O2S/c25-21-18-7-6-17(16-3-1-2-15(10-16)14-4-5-14)11-19(18)30-22(21)23(29)27-12-24(13-27)9-8-20(28)26-24/h1-3,6-7,10-11,14H,4-5,8-9,12-13H2,(H,26,28). The number of rotatable bonds is 3. The first-order valence-electron chi connectivity index (χ1n) is 10.4. The van der Waals surface area contributed by atoms with Crippen LogP contribution in [-0.4, -0.2) is 35.3 Å². The highest BCUT2D eigenvalue weighted by Crippen LogP contribution is 2.43. The fourth-order valence-electron chi connectivity index (χ4n) is 4.75. The molecule has 3 heterocycles. The lowest BCUT2D eigenvalue weighted by Crippen LogP contribution is -2.68. The summed E-state index contributed by atoms with van der Waals surface area (Å²) in [6, 6.07) is 15.0. The Morgan fingerprint density at radius 3 is 2.67 bits per heavy atom. The molecule has 1 N–H and O–H groups in total. The zero-order valence-electron chi connectivity index (χ0n) is 16.4. The van der Waals surface area contributed by atoms with Crippen molar-refractivity contribution in [3.8, 4) is 11.1 Å². The second-order valence-electron chi connectivity index (χ2n) is 8.85. The quantitative estimate of drug-likeness (QED) is 0.613. The number of halogens is 1. The third-order valence-electron chi connectivity index (χ3n) is 6.60. The van der Waals surface area contributed by atoms with E-state index in [9.17, 15) is 9.59 Å². The maximum absolute atomic E-state index is 13.1.